The molecule has 0 bridgehead atoms. The molecule has 0 heterocycles. The highest BCUT2D eigenvalue weighted by molar-refractivity contribution is 9.11. The van der Waals surface area contributed by atoms with Crippen molar-refractivity contribution in [3.8, 4) is 5.75 Å². The van der Waals surface area contributed by atoms with Gasteiger partial charge in [-0.2, -0.15) is 0 Å². The molecule has 19 heavy (non-hydrogen) atoms. The van der Waals surface area contributed by atoms with Gasteiger partial charge in [0.2, 0.25) is 0 Å². The maximum Gasteiger partial charge on any atom is 0.135 e. The van der Waals surface area contributed by atoms with E-state index in [1.165, 1.54) is 0 Å². The summed E-state index contributed by atoms with van der Waals surface area (Å²) in [5, 5.41) is 3.31. The Morgan fingerprint density at radius 3 is 2.47 bits per heavy atom. The Hall–Kier alpha value is -1.20. The predicted molar refractivity (Wildman–Crippen MR) is 87.3 cm³/mol. The van der Waals surface area contributed by atoms with Crippen molar-refractivity contribution in [2.24, 2.45) is 0 Å². The summed E-state index contributed by atoms with van der Waals surface area (Å²) in [5.41, 5.74) is 9.61. The van der Waals surface area contributed by atoms with Gasteiger partial charge in [-0.05, 0) is 62.5 Å². The van der Waals surface area contributed by atoms with E-state index in [9.17, 15) is 0 Å². The second kappa shape index (κ2) is 5.84. The quantitative estimate of drug-likeness (QED) is 0.742. The van der Waals surface area contributed by atoms with Crippen molar-refractivity contribution in [3.63, 3.8) is 0 Å². The molecule has 2 aromatic carbocycles. The lowest BCUT2D eigenvalue weighted by atomic mass is 10.2. The number of methoxy groups -OCH3 is 1. The van der Waals surface area contributed by atoms with Crippen molar-refractivity contribution in [1.29, 1.82) is 0 Å². The van der Waals surface area contributed by atoms with E-state index in [1.807, 2.05) is 37.3 Å². The Balaban J connectivity index is 2.40. The summed E-state index contributed by atoms with van der Waals surface area (Å²) < 4.78 is 7.12. The molecule has 0 aliphatic heterocycles. The molecule has 3 nitrogen and oxygen atoms in total. The van der Waals surface area contributed by atoms with Gasteiger partial charge in [0.05, 0.1) is 28.6 Å². The van der Waals surface area contributed by atoms with Crippen LogP contribution in [-0.2, 0) is 0 Å². The molecule has 0 aromatic heterocycles. The molecule has 0 atom stereocenters. The number of nitrogen functional groups attached to an aromatic ring is 1. The first kappa shape index (κ1) is 14.2. The SMILES string of the molecule is COc1cc(Nc2cc(C)ccc2N)c(Br)cc1Br. The Labute approximate surface area is 129 Å². The van der Waals surface area contributed by atoms with Gasteiger partial charge in [0.15, 0.2) is 0 Å². The van der Waals surface area contributed by atoms with E-state index in [1.54, 1.807) is 7.11 Å². The number of rotatable bonds is 3. The summed E-state index contributed by atoms with van der Waals surface area (Å²) in [6.45, 7) is 2.03. The minimum atomic E-state index is 0.708. The molecule has 0 aliphatic rings. The van der Waals surface area contributed by atoms with E-state index in [0.29, 0.717) is 5.69 Å². The second-order valence-electron chi connectivity index (χ2n) is 4.18. The number of anilines is 3. The molecule has 0 saturated carbocycles. The summed E-state index contributed by atoms with van der Waals surface area (Å²) in [5.74, 6) is 0.761. The monoisotopic (exact) mass is 384 g/mol. The molecule has 3 N–H and O–H groups in total. The summed E-state index contributed by atoms with van der Waals surface area (Å²) in [7, 11) is 1.64. The number of hydrogen-bond acceptors (Lipinski definition) is 3. The van der Waals surface area contributed by atoms with E-state index in [4.69, 9.17) is 10.5 Å². The lowest BCUT2D eigenvalue weighted by Crippen LogP contribution is -1.98. The Kier molecular flexibility index (Phi) is 4.37. The average Bonchev–Trinajstić information content (AvgIpc) is 2.37. The zero-order valence-electron chi connectivity index (χ0n) is 10.6. The largest absolute Gasteiger partial charge is 0.495 e. The number of hydrogen-bond donors (Lipinski definition) is 2. The Bertz CT molecular complexity index is 615. The molecule has 0 unspecified atom stereocenters. The molecule has 2 aromatic rings. The van der Waals surface area contributed by atoms with Gasteiger partial charge < -0.3 is 15.8 Å². The van der Waals surface area contributed by atoms with Gasteiger partial charge in [-0.3, -0.25) is 0 Å². The minimum Gasteiger partial charge on any atom is -0.495 e. The lowest BCUT2D eigenvalue weighted by molar-refractivity contribution is 0.412. The fourth-order valence-electron chi connectivity index (χ4n) is 1.70. The number of nitrogens with one attached hydrogen (secondary N) is 1. The van der Waals surface area contributed by atoms with Crippen molar-refractivity contribution < 1.29 is 4.74 Å². The van der Waals surface area contributed by atoms with Crippen LogP contribution in [0.15, 0.2) is 39.3 Å². The highest BCUT2D eigenvalue weighted by Crippen LogP contribution is 2.37. The molecule has 0 saturated heterocycles. The summed E-state index contributed by atoms with van der Waals surface area (Å²) in [6.07, 6.45) is 0. The van der Waals surface area contributed by atoms with E-state index < -0.39 is 0 Å². The number of halogens is 2. The van der Waals surface area contributed by atoms with Crippen LogP contribution in [0.2, 0.25) is 0 Å². The van der Waals surface area contributed by atoms with Gasteiger partial charge in [-0.1, -0.05) is 6.07 Å². The first-order valence-corrected chi connectivity index (χ1v) is 7.26. The van der Waals surface area contributed by atoms with Crippen molar-refractivity contribution in [2.75, 3.05) is 18.2 Å². The average molecular weight is 386 g/mol. The maximum absolute atomic E-state index is 5.97. The van der Waals surface area contributed by atoms with Crippen LogP contribution in [0.5, 0.6) is 5.75 Å². The topological polar surface area (TPSA) is 47.3 Å². The second-order valence-corrected chi connectivity index (χ2v) is 5.89. The normalized spacial score (nSPS) is 10.3. The fraction of sp³-hybridized carbons (Fsp3) is 0.143. The van der Waals surface area contributed by atoms with Crippen molar-refractivity contribution in [2.45, 2.75) is 6.92 Å². The van der Waals surface area contributed by atoms with Gasteiger partial charge in [0.25, 0.3) is 0 Å². The molecule has 5 heteroatoms. The first-order chi connectivity index (χ1) is 9.01. The summed E-state index contributed by atoms with van der Waals surface area (Å²) in [4.78, 5) is 0. The van der Waals surface area contributed by atoms with Crippen molar-refractivity contribution in [1.82, 2.24) is 0 Å². The van der Waals surface area contributed by atoms with Gasteiger partial charge in [0, 0.05) is 10.5 Å². The lowest BCUT2D eigenvalue weighted by Gasteiger charge is -2.14. The highest BCUT2D eigenvalue weighted by Gasteiger charge is 2.08. The van der Waals surface area contributed by atoms with E-state index >= 15 is 0 Å². The molecule has 0 amide bonds. The third-order valence-electron chi connectivity index (χ3n) is 2.72. The molecule has 0 radical (unpaired) electrons. The first-order valence-electron chi connectivity index (χ1n) is 5.67. The number of aryl methyl sites for hydroxylation is 1. The molecule has 2 rings (SSSR count). The standard InChI is InChI=1S/C14H14Br2N2O/c1-8-3-4-11(17)13(5-8)18-12-7-14(19-2)10(16)6-9(12)15/h3-7,18H,17H2,1-2H3. The third kappa shape index (κ3) is 3.22. The summed E-state index contributed by atoms with van der Waals surface area (Å²) >= 11 is 6.97. The van der Waals surface area contributed by atoms with Gasteiger partial charge in [0.1, 0.15) is 5.75 Å². The highest BCUT2D eigenvalue weighted by atomic mass is 79.9. The molecule has 0 fully saturated rings. The third-order valence-corrected chi connectivity index (χ3v) is 4.00. The van der Waals surface area contributed by atoms with Gasteiger partial charge in [-0.15, -0.1) is 0 Å². The minimum absolute atomic E-state index is 0.708. The van der Waals surface area contributed by atoms with Crippen LogP contribution in [0.1, 0.15) is 5.56 Å². The molecule has 100 valence electrons. The fourth-order valence-corrected chi connectivity index (χ4v) is 2.96. The van der Waals surface area contributed by atoms with E-state index in [0.717, 1.165) is 31.6 Å². The Morgan fingerprint density at radius 1 is 1.05 bits per heavy atom. The maximum atomic E-state index is 5.97. The Morgan fingerprint density at radius 2 is 1.79 bits per heavy atom. The smallest absolute Gasteiger partial charge is 0.135 e. The summed E-state index contributed by atoms with van der Waals surface area (Å²) in [6, 6.07) is 9.73. The van der Waals surface area contributed by atoms with Crippen LogP contribution in [0, 0.1) is 6.92 Å². The van der Waals surface area contributed by atoms with Crippen LogP contribution in [-0.4, -0.2) is 7.11 Å². The zero-order valence-corrected chi connectivity index (χ0v) is 13.8. The van der Waals surface area contributed by atoms with Crippen LogP contribution >= 0.6 is 31.9 Å². The van der Waals surface area contributed by atoms with Crippen LogP contribution < -0.4 is 15.8 Å². The van der Waals surface area contributed by atoms with Crippen LogP contribution in [0.25, 0.3) is 0 Å². The van der Waals surface area contributed by atoms with E-state index in [2.05, 4.69) is 37.2 Å². The predicted octanol–water partition coefficient (Wildman–Crippen LogP) is 4.85. The van der Waals surface area contributed by atoms with Crippen molar-refractivity contribution in [3.05, 3.63) is 44.8 Å². The molecule has 0 aliphatic carbocycles. The van der Waals surface area contributed by atoms with E-state index in [-0.39, 0.29) is 0 Å². The molecular formula is C14H14Br2N2O. The van der Waals surface area contributed by atoms with Crippen LogP contribution in [0.3, 0.4) is 0 Å². The number of ether oxygens (including phenoxy) is 1. The number of nitrogens with two attached hydrogens (primary N) is 1. The van der Waals surface area contributed by atoms with Gasteiger partial charge >= 0.3 is 0 Å². The molecular weight excluding hydrogens is 372 g/mol. The van der Waals surface area contributed by atoms with Crippen LogP contribution in [0.4, 0.5) is 17.1 Å². The van der Waals surface area contributed by atoms with Crippen molar-refractivity contribution >= 4 is 48.9 Å². The molecule has 0 spiro atoms. The zero-order chi connectivity index (χ0) is 14.0. The van der Waals surface area contributed by atoms with Gasteiger partial charge in [-0.25, -0.2) is 0 Å². The number of benzene rings is 2.